The van der Waals surface area contributed by atoms with Crippen molar-refractivity contribution in [1.29, 1.82) is 0 Å². The average Bonchev–Trinajstić information content (AvgIpc) is 3.36. The number of anilines is 1. The van der Waals surface area contributed by atoms with E-state index in [9.17, 15) is 9.59 Å². The zero-order valence-electron chi connectivity index (χ0n) is 20.0. The number of rotatable bonds is 10. The van der Waals surface area contributed by atoms with Crippen LogP contribution in [-0.2, 0) is 39.8 Å². The number of nitrogens with one attached hydrogen (secondary N) is 1. The molecule has 34 heavy (non-hydrogen) atoms. The molecule has 11 heteroatoms. The summed E-state index contributed by atoms with van der Waals surface area (Å²) in [5.74, 6) is 1.00. The maximum Gasteiger partial charge on any atom is 0.311 e. The van der Waals surface area contributed by atoms with Crippen molar-refractivity contribution in [2.45, 2.75) is 51.3 Å². The highest BCUT2D eigenvalue weighted by atomic mass is 32.2. The number of aromatic nitrogens is 4. The molecule has 0 bridgehead atoms. The third kappa shape index (κ3) is 7.29. The monoisotopic (exact) mass is 503 g/mol. The van der Waals surface area contributed by atoms with Gasteiger partial charge in [-0.2, -0.15) is 0 Å². The van der Waals surface area contributed by atoms with Crippen LogP contribution in [0.4, 0.5) is 5.13 Å². The first-order valence-corrected chi connectivity index (χ1v) is 12.7. The van der Waals surface area contributed by atoms with E-state index < -0.39 is 0 Å². The van der Waals surface area contributed by atoms with E-state index in [1.807, 2.05) is 23.7 Å². The maximum absolute atomic E-state index is 12.3. The SMILES string of the molecule is CCOC(=O)Cc1csc(NC(=O)CSc2nnc(COc3ccc(C(C)(C)C)cc3)n2C)n1. The number of thiazole rings is 1. The van der Waals surface area contributed by atoms with Gasteiger partial charge in [0.1, 0.15) is 12.4 Å². The maximum atomic E-state index is 12.3. The summed E-state index contributed by atoms with van der Waals surface area (Å²) in [5, 5.41) is 13.9. The Labute approximate surface area is 207 Å². The van der Waals surface area contributed by atoms with Crippen molar-refractivity contribution < 1.29 is 19.1 Å². The number of carbonyl (C=O) groups excluding carboxylic acids is 2. The van der Waals surface area contributed by atoms with Gasteiger partial charge in [-0.3, -0.25) is 9.59 Å². The van der Waals surface area contributed by atoms with E-state index in [-0.39, 0.29) is 36.1 Å². The van der Waals surface area contributed by atoms with Gasteiger partial charge in [0.2, 0.25) is 5.91 Å². The van der Waals surface area contributed by atoms with E-state index in [2.05, 4.69) is 53.4 Å². The number of thioether (sulfide) groups is 1. The lowest BCUT2D eigenvalue weighted by Crippen LogP contribution is -2.15. The predicted octanol–water partition coefficient (Wildman–Crippen LogP) is 3.98. The molecular weight excluding hydrogens is 474 g/mol. The summed E-state index contributed by atoms with van der Waals surface area (Å²) in [5.41, 5.74) is 1.89. The van der Waals surface area contributed by atoms with Crippen LogP contribution in [0.1, 0.15) is 44.8 Å². The molecule has 1 aromatic carbocycles. The van der Waals surface area contributed by atoms with E-state index in [1.165, 1.54) is 28.7 Å². The van der Waals surface area contributed by atoms with Crippen molar-refractivity contribution >= 4 is 40.1 Å². The molecule has 0 aliphatic rings. The van der Waals surface area contributed by atoms with Gasteiger partial charge in [0, 0.05) is 12.4 Å². The molecule has 182 valence electrons. The van der Waals surface area contributed by atoms with Crippen LogP contribution >= 0.6 is 23.1 Å². The van der Waals surface area contributed by atoms with Crippen LogP contribution in [-0.4, -0.2) is 44.0 Å². The number of benzene rings is 1. The standard InChI is InChI=1S/C23H29N5O4S2/c1-6-31-20(30)11-16-13-33-21(24-16)25-19(29)14-34-22-27-26-18(28(22)5)12-32-17-9-7-15(8-10-17)23(2,3)4/h7-10,13H,6,11-12,14H2,1-5H3,(H,24,25,29). The minimum atomic E-state index is -0.342. The molecule has 1 N–H and O–H groups in total. The molecule has 2 aromatic heterocycles. The summed E-state index contributed by atoms with van der Waals surface area (Å²) in [6.07, 6.45) is 0.0828. The molecule has 0 fully saturated rings. The van der Waals surface area contributed by atoms with Crippen molar-refractivity contribution in [3.8, 4) is 5.75 Å². The largest absolute Gasteiger partial charge is 0.486 e. The van der Waals surface area contributed by atoms with Crippen LogP contribution < -0.4 is 10.1 Å². The summed E-state index contributed by atoms with van der Waals surface area (Å²) in [4.78, 5) is 28.1. The number of nitrogens with zero attached hydrogens (tertiary/aromatic N) is 4. The second-order valence-electron chi connectivity index (χ2n) is 8.48. The smallest absolute Gasteiger partial charge is 0.311 e. The molecule has 3 aromatic rings. The predicted molar refractivity (Wildman–Crippen MR) is 132 cm³/mol. The number of esters is 1. The molecule has 3 rings (SSSR count). The molecule has 1 amide bonds. The van der Waals surface area contributed by atoms with Gasteiger partial charge < -0.3 is 19.4 Å². The molecule has 0 radical (unpaired) electrons. The van der Waals surface area contributed by atoms with Gasteiger partial charge in [-0.15, -0.1) is 21.5 Å². The molecule has 9 nitrogen and oxygen atoms in total. The Morgan fingerprint density at radius 2 is 1.91 bits per heavy atom. The normalized spacial score (nSPS) is 11.3. The molecule has 0 aliphatic carbocycles. The lowest BCUT2D eigenvalue weighted by Gasteiger charge is -2.19. The summed E-state index contributed by atoms with van der Waals surface area (Å²) in [7, 11) is 1.84. The molecular formula is C23H29N5O4S2. The Kier molecular flexibility index (Phi) is 8.67. The first kappa shape index (κ1) is 25.7. The Morgan fingerprint density at radius 3 is 2.59 bits per heavy atom. The zero-order valence-corrected chi connectivity index (χ0v) is 21.6. The number of carbonyl (C=O) groups is 2. The first-order chi connectivity index (χ1) is 16.2. The third-order valence-corrected chi connectivity index (χ3v) is 6.60. The van der Waals surface area contributed by atoms with E-state index in [1.54, 1.807) is 12.3 Å². The van der Waals surface area contributed by atoms with Crippen molar-refractivity contribution in [3.63, 3.8) is 0 Å². The molecule has 0 atom stereocenters. The van der Waals surface area contributed by atoms with Gasteiger partial charge in [-0.1, -0.05) is 44.7 Å². The fourth-order valence-corrected chi connectivity index (χ4v) is 4.34. The van der Waals surface area contributed by atoms with Crippen molar-refractivity contribution in [2.75, 3.05) is 17.7 Å². The second-order valence-corrected chi connectivity index (χ2v) is 10.3. The highest BCUT2D eigenvalue weighted by molar-refractivity contribution is 7.99. The van der Waals surface area contributed by atoms with E-state index >= 15 is 0 Å². The van der Waals surface area contributed by atoms with Crippen molar-refractivity contribution in [2.24, 2.45) is 7.05 Å². The Morgan fingerprint density at radius 1 is 1.18 bits per heavy atom. The summed E-state index contributed by atoms with van der Waals surface area (Å²) in [6.45, 7) is 8.85. The van der Waals surface area contributed by atoms with Gasteiger partial charge in [0.25, 0.3) is 0 Å². The minimum absolute atomic E-state index is 0.0828. The Bertz CT molecular complexity index is 1120. The average molecular weight is 504 g/mol. The van der Waals surface area contributed by atoms with Crippen molar-refractivity contribution in [3.05, 3.63) is 46.7 Å². The van der Waals surface area contributed by atoms with Crippen molar-refractivity contribution in [1.82, 2.24) is 19.7 Å². The fraction of sp³-hybridized carbons (Fsp3) is 0.435. The number of hydrogen-bond donors (Lipinski definition) is 1. The van der Waals surface area contributed by atoms with Gasteiger partial charge in [0.15, 0.2) is 16.1 Å². The van der Waals surface area contributed by atoms with Gasteiger partial charge in [0.05, 0.1) is 24.5 Å². The Hall–Kier alpha value is -2.92. The van der Waals surface area contributed by atoms with Crippen LogP contribution in [0.3, 0.4) is 0 Å². The van der Waals surface area contributed by atoms with E-state index in [0.29, 0.717) is 28.4 Å². The summed E-state index contributed by atoms with van der Waals surface area (Å²) in [6, 6.07) is 8.03. The number of amides is 1. The first-order valence-electron chi connectivity index (χ1n) is 10.8. The van der Waals surface area contributed by atoms with Gasteiger partial charge in [-0.25, -0.2) is 4.98 Å². The van der Waals surface area contributed by atoms with Crippen LogP contribution in [0.2, 0.25) is 0 Å². The second kappa shape index (κ2) is 11.5. The van der Waals surface area contributed by atoms with Gasteiger partial charge >= 0.3 is 5.97 Å². The number of hydrogen-bond acceptors (Lipinski definition) is 9. The molecule has 0 saturated carbocycles. The highest BCUT2D eigenvalue weighted by Gasteiger charge is 2.15. The van der Waals surface area contributed by atoms with E-state index in [4.69, 9.17) is 9.47 Å². The fourth-order valence-electron chi connectivity index (χ4n) is 2.89. The highest BCUT2D eigenvalue weighted by Crippen LogP contribution is 2.25. The molecule has 2 heterocycles. The molecule has 0 aliphatic heterocycles. The number of ether oxygens (including phenoxy) is 2. The third-order valence-electron chi connectivity index (χ3n) is 4.77. The lowest BCUT2D eigenvalue weighted by atomic mass is 9.87. The lowest BCUT2D eigenvalue weighted by molar-refractivity contribution is -0.142. The summed E-state index contributed by atoms with van der Waals surface area (Å²) < 4.78 is 12.6. The van der Waals surface area contributed by atoms with Crippen LogP contribution in [0, 0.1) is 0 Å². The van der Waals surface area contributed by atoms with Crippen LogP contribution in [0.5, 0.6) is 5.75 Å². The topological polar surface area (TPSA) is 108 Å². The molecule has 0 spiro atoms. The molecule has 0 saturated heterocycles. The zero-order chi connectivity index (χ0) is 24.7. The van der Waals surface area contributed by atoms with Crippen LogP contribution in [0.25, 0.3) is 0 Å². The quantitative estimate of drug-likeness (QED) is 0.327. The van der Waals surface area contributed by atoms with Crippen LogP contribution in [0.15, 0.2) is 34.8 Å². The van der Waals surface area contributed by atoms with E-state index in [0.717, 1.165) is 5.75 Å². The summed E-state index contributed by atoms with van der Waals surface area (Å²) >= 11 is 2.53. The van der Waals surface area contributed by atoms with Gasteiger partial charge in [-0.05, 0) is 30.0 Å². The minimum Gasteiger partial charge on any atom is -0.486 e. The molecule has 0 unspecified atom stereocenters. The Balaban J connectivity index is 1.47.